The Morgan fingerprint density at radius 2 is 1.65 bits per heavy atom. The summed E-state index contributed by atoms with van der Waals surface area (Å²) in [5.41, 5.74) is 0.913. The summed E-state index contributed by atoms with van der Waals surface area (Å²) in [6.07, 6.45) is 5.44. The summed E-state index contributed by atoms with van der Waals surface area (Å²) in [6, 6.07) is 13.8. The number of non-ortho nitro benzene ring substituents is 1. The van der Waals surface area contributed by atoms with Gasteiger partial charge in [0.25, 0.3) is 5.69 Å². The highest BCUT2D eigenvalue weighted by molar-refractivity contribution is 6.10. The molecule has 2 saturated carbocycles. The first-order valence-electron chi connectivity index (χ1n) is 11.6. The topological polar surface area (TPSA) is 110 Å². The lowest BCUT2D eigenvalue weighted by molar-refractivity contribution is -0.384. The molecule has 5 aliphatic rings. The van der Waals surface area contributed by atoms with E-state index in [9.17, 15) is 24.5 Å². The number of amides is 3. The molecule has 34 heavy (non-hydrogen) atoms. The molecule has 3 amide bonds. The van der Waals surface area contributed by atoms with Crippen molar-refractivity contribution in [2.45, 2.75) is 18.9 Å². The number of hydrogen-bond donors (Lipinski definition) is 1. The van der Waals surface area contributed by atoms with E-state index in [1.807, 2.05) is 30.3 Å². The van der Waals surface area contributed by atoms with Crippen LogP contribution in [0.5, 0.6) is 0 Å². The van der Waals surface area contributed by atoms with Crippen molar-refractivity contribution in [1.29, 1.82) is 0 Å². The Kier molecular flexibility index (Phi) is 4.65. The van der Waals surface area contributed by atoms with Crippen molar-refractivity contribution in [1.82, 2.24) is 4.90 Å². The first-order valence-corrected chi connectivity index (χ1v) is 11.6. The van der Waals surface area contributed by atoms with Gasteiger partial charge in [-0.3, -0.25) is 29.4 Å². The van der Waals surface area contributed by atoms with Crippen molar-refractivity contribution in [3.8, 4) is 0 Å². The van der Waals surface area contributed by atoms with E-state index in [4.69, 9.17) is 0 Å². The van der Waals surface area contributed by atoms with Gasteiger partial charge in [-0.2, -0.15) is 0 Å². The Hall–Kier alpha value is -3.81. The zero-order valence-corrected chi connectivity index (χ0v) is 18.2. The van der Waals surface area contributed by atoms with Gasteiger partial charge in [0.1, 0.15) is 6.04 Å². The molecule has 0 aromatic heterocycles. The second-order valence-corrected chi connectivity index (χ2v) is 9.70. The SMILES string of the molecule is O=C(Nc1cccc([N+](=O)[O-])c1)[C@H](Cc1ccccc1)N1C(=O)[C@@H]2[C@H]3C=C[C@@H]([C@@H]4C[C@@H]34)[C@@H]2C1=O. The number of allylic oxidation sites excluding steroid dienone is 2. The van der Waals surface area contributed by atoms with Crippen molar-refractivity contribution in [3.05, 3.63) is 82.4 Å². The molecule has 0 unspecified atom stereocenters. The second-order valence-electron chi connectivity index (χ2n) is 9.70. The quantitative estimate of drug-likeness (QED) is 0.310. The van der Waals surface area contributed by atoms with Gasteiger partial charge in [-0.05, 0) is 41.7 Å². The number of nitro benzene ring substituents is 1. The molecule has 1 heterocycles. The minimum atomic E-state index is -1.04. The van der Waals surface area contributed by atoms with Crippen LogP contribution in [0.25, 0.3) is 0 Å². The van der Waals surface area contributed by atoms with Crippen LogP contribution >= 0.6 is 0 Å². The molecule has 7 atom stereocenters. The number of anilines is 1. The van der Waals surface area contributed by atoms with Crippen molar-refractivity contribution >= 4 is 29.1 Å². The summed E-state index contributed by atoms with van der Waals surface area (Å²) < 4.78 is 0. The summed E-state index contributed by atoms with van der Waals surface area (Å²) in [5, 5.41) is 13.8. The zero-order chi connectivity index (χ0) is 23.6. The van der Waals surface area contributed by atoms with Crippen molar-refractivity contribution < 1.29 is 19.3 Å². The number of carbonyl (C=O) groups is 3. The number of benzene rings is 2. The lowest BCUT2D eigenvalue weighted by Crippen LogP contribution is -2.49. The van der Waals surface area contributed by atoms with Crippen LogP contribution in [-0.4, -0.2) is 33.6 Å². The first kappa shape index (κ1) is 20.8. The maximum atomic E-state index is 13.6. The van der Waals surface area contributed by atoms with Crippen LogP contribution in [0.15, 0.2) is 66.7 Å². The van der Waals surface area contributed by atoms with Gasteiger partial charge in [-0.15, -0.1) is 0 Å². The number of hydrogen-bond acceptors (Lipinski definition) is 5. The minimum Gasteiger partial charge on any atom is -0.324 e. The minimum absolute atomic E-state index is 0.0682. The van der Waals surface area contributed by atoms with Crippen LogP contribution in [0.3, 0.4) is 0 Å². The molecule has 2 aromatic carbocycles. The molecular formula is C26H23N3O5. The Balaban J connectivity index is 1.32. The van der Waals surface area contributed by atoms with E-state index in [-0.39, 0.29) is 41.4 Å². The summed E-state index contributed by atoms with van der Waals surface area (Å²) in [5.74, 6) is -0.777. The molecule has 1 saturated heterocycles. The fourth-order valence-electron chi connectivity index (χ4n) is 6.35. The first-order chi connectivity index (χ1) is 16.4. The van der Waals surface area contributed by atoms with E-state index in [1.54, 1.807) is 6.07 Å². The highest BCUT2D eigenvalue weighted by Crippen LogP contribution is 2.65. The summed E-state index contributed by atoms with van der Waals surface area (Å²) in [7, 11) is 0. The van der Waals surface area contributed by atoms with Gasteiger partial charge in [0.05, 0.1) is 16.8 Å². The Labute approximate surface area is 195 Å². The van der Waals surface area contributed by atoms with Gasteiger partial charge in [-0.25, -0.2) is 0 Å². The molecule has 172 valence electrons. The monoisotopic (exact) mass is 457 g/mol. The lowest BCUT2D eigenvalue weighted by atomic mass is 9.63. The Morgan fingerprint density at radius 3 is 2.26 bits per heavy atom. The fourth-order valence-corrected chi connectivity index (χ4v) is 6.35. The predicted octanol–water partition coefficient (Wildman–Crippen LogP) is 3.20. The van der Waals surface area contributed by atoms with Crippen molar-refractivity contribution in [2.24, 2.45) is 35.5 Å². The lowest BCUT2D eigenvalue weighted by Gasteiger charge is -2.37. The Morgan fingerprint density at radius 1 is 1.00 bits per heavy atom. The molecule has 8 heteroatoms. The third-order valence-electron chi connectivity index (χ3n) is 7.91. The van der Waals surface area contributed by atoms with E-state index in [0.29, 0.717) is 11.8 Å². The van der Waals surface area contributed by atoms with Gasteiger partial charge in [0.15, 0.2) is 0 Å². The van der Waals surface area contributed by atoms with Crippen LogP contribution < -0.4 is 5.32 Å². The molecule has 2 bridgehead atoms. The molecule has 2 aromatic rings. The number of rotatable bonds is 6. The van der Waals surface area contributed by atoms with Gasteiger partial charge in [0.2, 0.25) is 17.7 Å². The number of nitro groups is 1. The standard InChI is InChI=1S/C26H23N3O5/c30-24(27-15-7-4-8-16(12-15)29(33)34)21(11-14-5-2-1-3-6-14)28-25(31)22-17-9-10-18(20-13-19(17)20)23(22)26(28)32/h1-10,12,17-23H,11,13H2,(H,27,30)/t17-,18-,19-,20-,21-,22-,23+/m0/s1. The van der Waals surface area contributed by atoms with E-state index < -0.39 is 28.7 Å². The molecule has 7 rings (SSSR count). The largest absolute Gasteiger partial charge is 0.324 e. The van der Waals surface area contributed by atoms with E-state index in [0.717, 1.165) is 12.0 Å². The number of likely N-dealkylation sites (tertiary alicyclic amines) is 1. The molecule has 8 nitrogen and oxygen atoms in total. The third-order valence-corrected chi connectivity index (χ3v) is 7.91. The number of nitrogens with one attached hydrogen (secondary N) is 1. The molecule has 3 fully saturated rings. The maximum absolute atomic E-state index is 13.6. The zero-order valence-electron chi connectivity index (χ0n) is 18.2. The second kappa shape index (κ2) is 7.62. The van der Waals surface area contributed by atoms with Crippen LogP contribution in [0.2, 0.25) is 0 Å². The van der Waals surface area contributed by atoms with Gasteiger partial charge < -0.3 is 5.32 Å². The van der Waals surface area contributed by atoms with Gasteiger partial charge >= 0.3 is 0 Å². The molecule has 0 radical (unpaired) electrons. The molecular weight excluding hydrogens is 434 g/mol. The van der Waals surface area contributed by atoms with Crippen LogP contribution in [0.4, 0.5) is 11.4 Å². The van der Waals surface area contributed by atoms with E-state index in [2.05, 4.69) is 17.5 Å². The number of imide groups is 1. The summed E-state index contributed by atoms with van der Waals surface area (Å²) >= 11 is 0. The van der Waals surface area contributed by atoms with Crippen LogP contribution in [-0.2, 0) is 20.8 Å². The van der Waals surface area contributed by atoms with Crippen molar-refractivity contribution in [2.75, 3.05) is 5.32 Å². The van der Waals surface area contributed by atoms with E-state index in [1.165, 1.54) is 23.1 Å². The molecule has 4 aliphatic carbocycles. The summed E-state index contributed by atoms with van der Waals surface area (Å²) in [4.78, 5) is 52.6. The van der Waals surface area contributed by atoms with Crippen LogP contribution in [0.1, 0.15) is 12.0 Å². The number of nitrogens with zero attached hydrogens (tertiary/aromatic N) is 2. The average Bonchev–Trinajstić information content (AvgIpc) is 3.62. The number of carbonyl (C=O) groups excluding carboxylic acids is 3. The molecule has 0 spiro atoms. The highest BCUT2D eigenvalue weighted by atomic mass is 16.6. The average molecular weight is 457 g/mol. The third kappa shape index (κ3) is 3.16. The van der Waals surface area contributed by atoms with Gasteiger partial charge in [-0.1, -0.05) is 48.6 Å². The van der Waals surface area contributed by atoms with Gasteiger partial charge in [0, 0.05) is 24.2 Å². The van der Waals surface area contributed by atoms with Crippen LogP contribution in [0, 0.1) is 45.6 Å². The smallest absolute Gasteiger partial charge is 0.271 e. The fraction of sp³-hybridized carbons (Fsp3) is 0.346. The maximum Gasteiger partial charge on any atom is 0.271 e. The Bertz CT molecular complexity index is 1210. The predicted molar refractivity (Wildman–Crippen MR) is 122 cm³/mol. The highest BCUT2D eigenvalue weighted by Gasteiger charge is 2.67. The van der Waals surface area contributed by atoms with Crippen molar-refractivity contribution in [3.63, 3.8) is 0 Å². The normalized spacial score (nSPS) is 31.1. The molecule has 1 aliphatic heterocycles. The molecule has 1 N–H and O–H groups in total. The summed E-state index contributed by atoms with van der Waals surface area (Å²) in [6.45, 7) is 0. The van der Waals surface area contributed by atoms with E-state index >= 15 is 0 Å².